The Kier molecular flexibility index (Phi) is 43.0. The largest absolute Gasteiger partial charge is 0.457 e. The van der Waals surface area contributed by atoms with Crippen LogP contribution in [0.3, 0.4) is 0 Å². The Labute approximate surface area is 452 Å². The molecule has 75 heavy (non-hydrogen) atoms. The Balaban J connectivity index is 1.74. The number of allylic oxidation sites excluding steroid dienone is 14. The number of unbranched alkanes of at least 4 members (excludes halogenated alkanes) is 18. The summed E-state index contributed by atoms with van der Waals surface area (Å²) in [7, 11) is 0. The molecule has 0 spiro atoms. The molecular weight excluding hydrogens is 957 g/mol. The van der Waals surface area contributed by atoms with Crippen molar-refractivity contribution in [2.24, 2.45) is 0 Å². The SMILES string of the molecule is CC/C=C\C/C=C\C/C=C\C/C=C\C/C=C\C/C=C\CCCCCCC(=O)OC(COCCCCCCCCCC/C=C\CCCCCCCC)COC1OC(COC2OC(CO)C(O)C(O)C2O)C(O)C(O)C1O. The van der Waals surface area contributed by atoms with Crippen LogP contribution in [0.15, 0.2) is 85.1 Å². The summed E-state index contributed by atoms with van der Waals surface area (Å²) in [5.74, 6) is -0.403. The summed E-state index contributed by atoms with van der Waals surface area (Å²) in [4.78, 5) is 13.1. The number of rotatable bonds is 46. The maximum atomic E-state index is 13.1. The van der Waals surface area contributed by atoms with Crippen molar-refractivity contribution < 1.29 is 69.0 Å². The van der Waals surface area contributed by atoms with Gasteiger partial charge in [0, 0.05) is 13.0 Å². The van der Waals surface area contributed by atoms with Crippen LogP contribution in [0.2, 0.25) is 0 Å². The third-order valence-electron chi connectivity index (χ3n) is 13.4. The maximum Gasteiger partial charge on any atom is 0.306 e. The van der Waals surface area contributed by atoms with Crippen LogP contribution in [0.4, 0.5) is 0 Å². The summed E-state index contributed by atoms with van der Waals surface area (Å²) >= 11 is 0. The third-order valence-corrected chi connectivity index (χ3v) is 13.4. The summed E-state index contributed by atoms with van der Waals surface area (Å²) in [5, 5.41) is 72.3. The number of esters is 1. The number of carbonyl (C=O) groups excluding carboxylic acids is 1. The molecule has 7 N–H and O–H groups in total. The van der Waals surface area contributed by atoms with Crippen molar-refractivity contribution in [3.63, 3.8) is 0 Å². The monoisotopic (exact) mass is 1060 g/mol. The summed E-state index contributed by atoms with van der Waals surface area (Å²) < 4.78 is 34.4. The predicted molar refractivity (Wildman–Crippen MR) is 298 cm³/mol. The molecule has 0 radical (unpaired) electrons. The lowest BCUT2D eigenvalue weighted by Gasteiger charge is -2.42. The van der Waals surface area contributed by atoms with E-state index in [1.54, 1.807) is 0 Å². The van der Waals surface area contributed by atoms with E-state index in [2.05, 4.69) is 98.9 Å². The molecule has 2 aliphatic rings. The van der Waals surface area contributed by atoms with E-state index in [0.29, 0.717) is 13.0 Å². The van der Waals surface area contributed by atoms with Crippen LogP contribution in [0.25, 0.3) is 0 Å². The molecule has 2 rings (SSSR count). The van der Waals surface area contributed by atoms with Crippen molar-refractivity contribution >= 4 is 5.97 Å². The lowest BCUT2D eigenvalue weighted by molar-refractivity contribution is -0.332. The van der Waals surface area contributed by atoms with Crippen molar-refractivity contribution in [2.45, 2.75) is 261 Å². The number of aliphatic hydroxyl groups is 7. The second kappa shape index (κ2) is 47.2. The first-order valence-electron chi connectivity index (χ1n) is 29.2. The minimum atomic E-state index is -1.72. The van der Waals surface area contributed by atoms with Crippen LogP contribution in [0.5, 0.6) is 0 Å². The molecule has 14 heteroatoms. The Morgan fingerprint density at radius 2 is 0.867 bits per heavy atom. The van der Waals surface area contributed by atoms with Crippen LogP contribution in [0.1, 0.15) is 194 Å². The van der Waals surface area contributed by atoms with Crippen molar-refractivity contribution in [3.8, 4) is 0 Å². The van der Waals surface area contributed by atoms with Crippen molar-refractivity contribution in [2.75, 3.05) is 33.0 Å². The first kappa shape index (κ1) is 68.3. The Hall–Kier alpha value is -2.83. The van der Waals surface area contributed by atoms with E-state index in [4.69, 9.17) is 28.4 Å². The normalized spacial score (nSPS) is 25.2. The highest BCUT2D eigenvalue weighted by atomic mass is 16.7. The molecule has 0 bridgehead atoms. The van der Waals surface area contributed by atoms with Gasteiger partial charge in [0.25, 0.3) is 0 Å². The van der Waals surface area contributed by atoms with Gasteiger partial charge >= 0.3 is 5.97 Å². The van der Waals surface area contributed by atoms with E-state index >= 15 is 0 Å². The fourth-order valence-corrected chi connectivity index (χ4v) is 8.69. The van der Waals surface area contributed by atoms with Crippen molar-refractivity contribution in [1.82, 2.24) is 0 Å². The van der Waals surface area contributed by atoms with Crippen LogP contribution in [-0.4, -0.2) is 142 Å². The molecule has 2 heterocycles. The number of carbonyl (C=O) groups is 1. The molecule has 0 aromatic heterocycles. The van der Waals surface area contributed by atoms with Gasteiger partial charge in [-0.05, 0) is 89.9 Å². The number of aliphatic hydroxyl groups excluding tert-OH is 7. The summed E-state index contributed by atoms with van der Waals surface area (Å²) in [6.07, 6.45) is 44.9. The van der Waals surface area contributed by atoms with Crippen LogP contribution >= 0.6 is 0 Å². The molecule has 14 nitrogen and oxygen atoms in total. The minimum absolute atomic E-state index is 0.0444. The van der Waals surface area contributed by atoms with Gasteiger partial charge < -0.3 is 64.2 Å². The molecule has 2 aliphatic heterocycles. The Morgan fingerprint density at radius 1 is 0.453 bits per heavy atom. The predicted octanol–water partition coefficient (Wildman–Crippen LogP) is 10.4. The van der Waals surface area contributed by atoms with Crippen LogP contribution in [0, 0.1) is 0 Å². The van der Waals surface area contributed by atoms with Crippen molar-refractivity contribution in [3.05, 3.63) is 85.1 Å². The standard InChI is InChI=1S/C61H104O14/c1-3-5-7-9-11-13-15-17-19-21-23-24-25-26-27-28-30-32-34-36-38-40-42-44-53(63)73-50(47-70-45-43-41-39-37-35-33-31-29-22-20-18-16-14-12-10-8-6-4-2)48-71-60-59(69)57(67)55(65)52(75-60)49-72-61-58(68)56(66)54(64)51(46-62)74-61/h5,7,11,13,17-20,23-24,26-27,30,32,50-52,54-62,64-69H,3-4,6,8-10,12,14-16,21-22,25,28-29,31,33-49H2,1-2H3/b7-5-,13-11-,19-17-,20-18-,24-23-,27-26-,32-30-. The van der Waals surface area contributed by atoms with E-state index in [9.17, 15) is 40.5 Å². The molecule has 2 fully saturated rings. The smallest absolute Gasteiger partial charge is 0.306 e. The highest BCUT2D eigenvalue weighted by Gasteiger charge is 2.47. The second-order valence-electron chi connectivity index (χ2n) is 20.1. The highest BCUT2D eigenvalue weighted by molar-refractivity contribution is 5.69. The molecule has 0 saturated carbocycles. The van der Waals surface area contributed by atoms with Gasteiger partial charge in [-0.15, -0.1) is 0 Å². The van der Waals surface area contributed by atoms with E-state index in [1.165, 1.54) is 83.5 Å². The Morgan fingerprint density at radius 3 is 1.37 bits per heavy atom. The topological polar surface area (TPSA) is 214 Å². The second-order valence-corrected chi connectivity index (χ2v) is 20.1. The zero-order chi connectivity index (χ0) is 54.4. The van der Waals surface area contributed by atoms with Gasteiger partial charge in [0.1, 0.15) is 54.9 Å². The Bertz CT molecular complexity index is 1560. The molecule has 0 aromatic rings. The molecule has 11 unspecified atom stereocenters. The fourth-order valence-electron chi connectivity index (χ4n) is 8.69. The summed E-state index contributed by atoms with van der Waals surface area (Å²) in [6, 6.07) is 0. The minimum Gasteiger partial charge on any atom is -0.457 e. The lowest BCUT2D eigenvalue weighted by atomic mass is 9.98. The molecule has 0 amide bonds. The van der Waals surface area contributed by atoms with Crippen molar-refractivity contribution in [1.29, 1.82) is 0 Å². The number of ether oxygens (including phenoxy) is 6. The van der Waals surface area contributed by atoms with Crippen LogP contribution < -0.4 is 0 Å². The molecule has 432 valence electrons. The number of hydrogen-bond acceptors (Lipinski definition) is 14. The average molecular weight is 1060 g/mol. The fraction of sp³-hybridized carbons (Fsp3) is 0.754. The van der Waals surface area contributed by atoms with Gasteiger partial charge in [0.15, 0.2) is 12.6 Å². The first-order chi connectivity index (χ1) is 36.6. The maximum absolute atomic E-state index is 13.1. The van der Waals surface area contributed by atoms with Gasteiger partial charge in [-0.3, -0.25) is 4.79 Å². The van der Waals surface area contributed by atoms with E-state index < -0.39 is 86.7 Å². The van der Waals surface area contributed by atoms with Crippen LogP contribution in [-0.2, 0) is 33.2 Å². The van der Waals surface area contributed by atoms with Gasteiger partial charge in [-0.1, -0.05) is 182 Å². The third kappa shape index (κ3) is 33.9. The molecule has 2 saturated heterocycles. The highest BCUT2D eigenvalue weighted by Crippen LogP contribution is 2.26. The molecular formula is C61H104O14. The lowest BCUT2D eigenvalue weighted by Crippen LogP contribution is -2.61. The van der Waals surface area contributed by atoms with E-state index in [-0.39, 0.29) is 19.6 Å². The quantitative estimate of drug-likeness (QED) is 0.0172. The molecule has 11 atom stereocenters. The summed E-state index contributed by atoms with van der Waals surface area (Å²) in [5.41, 5.74) is 0. The van der Waals surface area contributed by atoms with E-state index in [0.717, 1.165) is 83.5 Å². The number of hydrogen-bond donors (Lipinski definition) is 7. The van der Waals surface area contributed by atoms with Gasteiger partial charge in [-0.25, -0.2) is 0 Å². The van der Waals surface area contributed by atoms with Gasteiger partial charge in [0.05, 0.1) is 26.4 Å². The van der Waals surface area contributed by atoms with Gasteiger partial charge in [0.2, 0.25) is 0 Å². The first-order valence-corrected chi connectivity index (χ1v) is 29.2. The zero-order valence-corrected chi connectivity index (χ0v) is 46.3. The molecule has 0 aliphatic carbocycles. The zero-order valence-electron chi connectivity index (χ0n) is 46.3. The molecule has 0 aromatic carbocycles. The van der Waals surface area contributed by atoms with E-state index in [1.807, 2.05) is 0 Å². The summed E-state index contributed by atoms with van der Waals surface area (Å²) in [6.45, 7) is 3.53. The average Bonchev–Trinajstić information content (AvgIpc) is 3.41. The van der Waals surface area contributed by atoms with Gasteiger partial charge in [-0.2, -0.15) is 0 Å².